The smallest absolute Gasteiger partial charge is 0.0519 e. The van der Waals surface area contributed by atoms with Crippen LogP contribution in [0.4, 0.5) is 0 Å². The van der Waals surface area contributed by atoms with E-state index in [1.54, 1.807) is 24.4 Å². The van der Waals surface area contributed by atoms with Crippen LogP contribution in [-0.4, -0.2) is 20.2 Å². The molecule has 2 rings (SSSR count). The van der Waals surface area contributed by atoms with Crippen LogP contribution in [0.3, 0.4) is 0 Å². The largest absolute Gasteiger partial charge is 0.285 e. The third-order valence-electron chi connectivity index (χ3n) is 2.76. The number of nitrogens with one attached hydrogen (secondary N) is 1. The van der Waals surface area contributed by atoms with Gasteiger partial charge in [0.25, 0.3) is 0 Å². The van der Waals surface area contributed by atoms with Gasteiger partial charge in [-0.25, -0.2) is 0 Å². The third kappa shape index (κ3) is 4.34. The van der Waals surface area contributed by atoms with E-state index in [1.807, 2.05) is 6.20 Å². The number of halogens is 2. The Morgan fingerprint density at radius 1 is 1.26 bits per heavy atom. The van der Waals surface area contributed by atoms with E-state index in [2.05, 4.69) is 10.2 Å². The second-order valence-corrected chi connectivity index (χ2v) is 6.59. The van der Waals surface area contributed by atoms with Gasteiger partial charge in [-0.1, -0.05) is 29.3 Å². The van der Waals surface area contributed by atoms with Gasteiger partial charge in [-0.3, -0.25) is 9.31 Å². The molecule has 1 N–H and O–H groups in total. The van der Waals surface area contributed by atoms with Crippen molar-refractivity contribution >= 4 is 34.0 Å². The summed E-state index contributed by atoms with van der Waals surface area (Å²) in [5.74, 6) is 1.04. The zero-order valence-electron chi connectivity index (χ0n) is 10.2. The number of hydrogen-bond acceptors (Lipinski definition) is 2. The van der Waals surface area contributed by atoms with Gasteiger partial charge in [0.1, 0.15) is 0 Å². The lowest BCUT2D eigenvalue weighted by Gasteiger charge is -2.06. The fourth-order valence-corrected chi connectivity index (χ4v) is 3.69. The van der Waals surface area contributed by atoms with Crippen LogP contribution in [0.5, 0.6) is 0 Å². The second-order valence-electron chi connectivity index (χ2n) is 4.20. The first kappa shape index (κ1) is 14.6. The van der Waals surface area contributed by atoms with Crippen LogP contribution in [0.1, 0.15) is 17.5 Å². The molecule has 0 spiro atoms. The van der Waals surface area contributed by atoms with Crippen LogP contribution < -0.4 is 0 Å². The van der Waals surface area contributed by atoms with E-state index in [4.69, 9.17) is 23.2 Å². The summed E-state index contributed by atoms with van der Waals surface area (Å²) in [4.78, 5) is 0. The summed E-state index contributed by atoms with van der Waals surface area (Å²) >= 11 is 12.1. The predicted molar refractivity (Wildman–Crippen MR) is 80.1 cm³/mol. The third-order valence-corrected chi connectivity index (χ3v) is 4.82. The predicted octanol–water partition coefficient (Wildman–Crippen LogP) is 3.60. The Bertz CT molecular complexity index is 538. The van der Waals surface area contributed by atoms with Crippen molar-refractivity contribution in [2.24, 2.45) is 0 Å². The Balaban J connectivity index is 1.84. The summed E-state index contributed by atoms with van der Waals surface area (Å²) in [6.45, 7) is 0. The Morgan fingerprint density at radius 2 is 2.00 bits per heavy atom. The Hall–Kier alpha value is -0.840. The van der Waals surface area contributed by atoms with Crippen molar-refractivity contribution in [3.05, 3.63) is 51.8 Å². The molecule has 1 atom stereocenters. The van der Waals surface area contributed by atoms with Gasteiger partial charge < -0.3 is 0 Å². The molecule has 0 bridgehead atoms. The molecule has 1 aromatic heterocycles. The number of hydrogen-bond donors (Lipinski definition) is 1. The maximum Gasteiger partial charge on any atom is 0.0519 e. The van der Waals surface area contributed by atoms with E-state index in [1.165, 1.54) is 0 Å². The molecule has 0 aliphatic carbocycles. The Labute approximate surface area is 124 Å². The molecular weight excluding hydrogens is 303 g/mol. The molecule has 0 radical (unpaired) electrons. The fourth-order valence-electron chi connectivity index (χ4n) is 1.76. The molecule has 0 saturated heterocycles. The van der Waals surface area contributed by atoms with Crippen molar-refractivity contribution in [3.63, 3.8) is 0 Å². The van der Waals surface area contributed by atoms with Gasteiger partial charge in [0.05, 0.1) is 11.9 Å². The van der Waals surface area contributed by atoms with Gasteiger partial charge in [-0.2, -0.15) is 5.10 Å². The van der Waals surface area contributed by atoms with E-state index in [-0.39, 0.29) is 0 Å². The lowest BCUT2D eigenvalue weighted by Crippen LogP contribution is -2.03. The molecule has 6 heteroatoms. The van der Waals surface area contributed by atoms with E-state index in [0.29, 0.717) is 21.6 Å². The summed E-state index contributed by atoms with van der Waals surface area (Å²) < 4.78 is 12.0. The maximum atomic E-state index is 12.0. The van der Waals surface area contributed by atoms with Crippen LogP contribution in [-0.2, 0) is 23.0 Å². The first-order chi connectivity index (χ1) is 9.16. The second kappa shape index (κ2) is 7.08. The van der Waals surface area contributed by atoms with Crippen molar-refractivity contribution < 1.29 is 4.21 Å². The number of aromatic nitrogens is 2. The molecular formula is C13H14Cl2N2OS. The van der Waals surface area contributed by atoms with E-state index < -0.39 is 10.8 Å². The molecule has 0 fully saturated rings. The van der Waals surface area contributed by atoms with E-state index in [9.17, 15) is 4.21 Å². The van der Waals surface area contributed by atoms with Gasteiger partial charge in [-0.05, 0) is 30.5 Å². The first-order valence-electron chi connectivity index (χ1n) is 5.92. The van der Waals surface area contributed by atoms with Crippen molar-refractivity contribution in [2.45, 2.75) is 18.6 Å². The lowest BCUT2D eigenvalue weighted by molar-refractivity contribution is 0.680. The highest BCUT2D eigenvalue weighted by Crippen LogP contribution is 2.25. The highest BCUT2D eigenvalue weighted by molar-refractivity contribution is 7.84. The standard InChI is InChI=1S/C13H14Cl2N2OS/c14-12-4-1-5-13(15)11(12)9-19(18)6-2-3-10-7-16-17-8-10/h1,4-5,7-8H,2-3,6,9H2,(H,16,17). The molecule has 1 heterocycles. The molecule has 2 aromatic rings. The van der Waals surface area contributed by atoms with Crippen LogP contribution in [0, 0.1) is 0 Å². The molecule has 0 aliphatic rings. The van der Waals surface area contributed by atoms with Gasteiger partial charge in [0, 0.05) is 38.4 Å². The minimum atomic E-state index is -0.953. The van der Waals surface area contributed by atoms with Gasteiger partial charge in [-0.15, -0.1) is 0 Å². The number of aryl methyl sites for hydroxylation is 1. The number of H-pyrrole nitrogens is 1. The number of rotatable bonds is 6. The van der Waals surface area contributed by atoms with Crippen LogP contribution in [0.25, 0.3) is 0 Å². The monoisotopic (exact) mass is 316 g/mol. The van der Waals surface area contributed by atoms with Gasteiger partial charge in [0.2, 0.25) is 0 Å². The lowest BCUT2D eigenvalue weighted by atomic mass is 10.2. The van der Waals surface area contributed by atoms with Crippen molar-refractivity contribution in [2.75, 3.05) is 5.75 Å². The maximum absolute atomic E-state index is 12.0. The van der Waals surface area contributed by atoms with Crippen molar-refractivity contribution in [1.29, 1.82) is 0 Å². The quantitative estimate of drug-likeness (QED) is 0.885. The zero-order valence-corrected chi connectivity index (χ0v) is 12.6. The summed E-state index contributed by atoms with van der Waals surface area (Å²) in [6, 6.07) is 5.33. The molecule has 0 aliphatic heterocycles. The summed E-state index contributed by atoms with van der Waals surface area (Å²) in [7, 11) is -0.953. The Kier molecular flexibility index (Phi) is 5.43. The Morgan fingerprint density at radius 3 is 2.63 bits per heavy atom. The summed E-state index contributed by atoms with van der Waals surface area (Å²) in [6.07, 6.45) is 5.37. The van der Waals surface area contributed by atoms with Crippen LogP contribution in [0.2, 0.25) is 10.0 Å². The highest BCUT2D eigenvalue weighted by atomic mass is 35.5. The van der Waals surface area contributed by atoms with E-state index >= 15 is 0 Å². The molecule has 1 aromatic carbocycles. The number of benzene rings is 1. The molecule has 102 valence electrons. The zero-order chi connectivity index (χ0) is 13.7. The first-order valence-corrected chi connectivity index (χ1v) is 8.16. The molecule has 0 saturated carbocycles. The molecule has 19 heavy (non-hydrogen) atoms. The van der Waals surface area contributed by atoms with Gasteiger partial charge in [0.15, 0.2) is 0 Å². The van der Waals surface area contributed by atoms with Crippen LogP contribution in [0.15, 0.2) is 30.6 Å². The van der Waals surface area contributed by atoms with Crippen molar-refractivity contribution in [3.8, 4) is 0 Å². The minimum Gasteiger partial charge on any atom is -0.285 e. The summed E-state index contributed by atoms with van der Waals surface area (Å²) in [5, 5.41) is 7.80. The number of aromatic amines is 1. The van der Waals surface area contributed by atoms with Crippen molar-refractivity contribution in [1.82, 2.24) is 10.2 Å². The van der Waals surface area contributed by atoms with E-state index in [0.717, 1.165) is 24.0 Å². The van der Waals surface area contributed by atoms with Gasteiger partial charge >= 0.3 is 0 Å². The summed E-state index contributed by atoms with van der Waals surface area (Å²) in [5.41, 5.74) is 1.90. The topological polar surface area (TPSA) is 45.8 Å². The molecule has 1 unspecified atom stereocenters. The molecule has 0 amide bonds. The van der Waals surface area contributed by atoms with Crippen LogP contribution >= 0.6 is 23.2 Å². The fraction of sp³-hybridized carbons (Fsp3) is 0.308. The SMILES string of the molecule is O=S(CCCc1cn[nH]c1)Cc1c(Cl)cccc1Cl. The average Bonchev–Trinajstić information content (AvgIpc) is 2.87. The average molecular weight is 317 g/mol. The number of nitrogens with zero attached hydrogens (tertiary/aromatic N) is 1. The normalized spacial score (nSPS) is 12.5. The molecule has 3 nitrogen and oxygen atoms in total. The highest BCUT2D eigenvalue weighted by Gasteiger charge is 2.09. The minimum absolute atomic E-state index is 0.407.